The summed E-state index contributed by atoms with van der Waals surface area (Å²) in [5.41, 5.74) is 1.05. The van der Waals surface area contributed by atoms with Gasteiger partial charge in [-0.05, 0) is 36.1 Å². The summed E-state index contributed by atoms with van der Waals surface area (Å²) < 4.78 is 0. The molecule has 0 saturated carbocycles. The van der Waals surface area contributed by atoms with Crippen LogP contribution in [0, 0.1) is 5.92 Å². The van der Waals surface area contributed by atoms with Crippen LogP contribution in [0.5, 0.6) is 0 Å². The van der Waals surface area contributed by atoms with Crippen molar-refractivity contribution in [2.45, 2.75) is 26.2 Å². The minimum absolute atomic E-state index is 0.0696. The number of fused-ring (bicyclic) bond motifs is 1. The van der Waals surface area contributed by atoms with Gasteiger partial charge in [-0.15, -0.1) is 0 Å². The number of nitrogens with one attached hydrogen (secondary N) is 1. The number of hydrogen-bond donors (Lipinski definition) is 1. The van der Waals surface area contributed by atoms with Crippen molar-refractivity contribution in [2.24, 2.45) is 5.92 Å². The van der Waals surface area contributed by atoms with Gasteiger partial charge in [0.05, 0.1) is 12.3 Å². The molecule has 1 aliphatic heterocycles. The maximum absolute atomic E-state index is 12.7. The highest BCUT2D eigenvalue weighted by atomic mass is 16.2. The average molecular weight is 324 g/mol. The molecule has 3 rings (SSSR count). The third-order valence-corrected chi connectivity index (χ3v) is 4.72. The van der Waals surface area contributed by atoms with Gasteiger partial charge in [0, 0.05) is 19.6 Å². The van der Waals surface area contributed by atoms with Crippen LogP contribution in [0.15, 0.2) is 42.5 Å². The number of carbonyl (C=O) groups excluding carboxylic acids is 2. The molecule has 2 amide bonds. The molecule has 0 aliphatic carbocycles. The molecular formula is C20H24N2O2. The van der Waals surface area contributed by atoms with Gasteiger partial charge in [-0.1, -0.05) is 42.5 Å². The predicted octanol–water partition coefficient (Wildman–Crippen LogP) is 2.76. The molecule has 2 aromatic rings. The highest BCUT2D eigenvalue weighted by Gasteiger charge is 2.28. The first-order chi connectivity index (χ1) is 11.7. The number of nitrogens with zero attached hydrogens (tertiary/aromatic N) is 1. The van der Waals surface area contributed by atoms with Crippen molar-refractivity contribution in [2.75, 3.05) is 19.6 Å². The van der Waals surface area contributed by atoms with Crippen LogP contribution < -0.4 is 5.32 Å². The Morgan fingerprint density at radius 3 is 2.79 bits per heavy atom. The van der Waals surface area contributed by atoms with Crippen LogP contribution in [0.4, 0.5) is 0 Å². The second kappa shape index (κ2) is 7.47. The molecule has 4 heteroatoms. The lowest BCUT2D eigenvalue weighted by atomic mass is 9.96. The minimum atomic E-state index is -0.0739. The van der Waals surface area contributed by atoms with Gasteiger partial charge in [-0.2, -0.15) is 0 Å². The third kappa shape index (κ3) is 3.58. The van der Waals surface area contributed by atoms with Gasteiger partial charge in [0.2, 0.25) is 11.8 Å². The van der Waals surface area contributed by atoms with Gasteiger partial charge in [0.25, 0.3) is 0 Å². The number of amides is 2. The van der Waals surface area contributed by atoms with Gasteiger partial charge in [-0.25, -0.2) is 0 Å². The van der Waals surface area contributed by atoms with Crippen molar-refractivity contribution >= 4 is 22.6 Å². The zero-order chi connectivity index (χ0) is 16.9. The molecule has 0 bridgehead atoms. The Morgan fingerprint density at radius 1 is 1.17 bits per heavy atom. The molecule has 1 aliphatic rings. The first kappa shape index (κ1) is 16.5. The number of likely N-dealkylation sites (tertiary alicyclic amines) is 1. The van der Waals surface area contributed by atoms with Crippen molar-refractivity contribution < 1.29 is 9.59 Å². The van der Waals surface area contributed by atoms with Gasteiger partial charge in [0.15, 0.2) is 0 Å². The van der Waals surface area contributed by atoms with Crippen molar-refractivity contribution in [3.05, 3.63) is 48.0 Å². The first-order valence-electron chi connectivity index (χ1n) is 8.71. The van der Waals surface area contributed by atoms with E-state index in [9.17, 15) is 9.59 Å². The number of rotatable bonds is 4. The molecule has 24 heavy (non-hydrogen) atoms. The second-order valence-electron chi connectivity index (χ2n) is 6.39. The Hall–Kier alpha value is -2.36. The molecule has 1 fully saturated rings. The molecule has 0 aromatic heterocycles. The normalized spacial score (nSPS) is 17.7. The average Bonchev–Trinajstić information content (AvgIpc) is 2.62. The molecule has 1 heterocycles. The Morgan fingerprint density at radius 2 is 1.96 bits per heavy atom. The van der Waals surface area contributed by atoms with E-state index < -0.39 is 0 Å². The van der Waals surface area contributed by atoms with E-state index in [1.807, 2.05) is 36.1 Å². The van der Waals surface area contributed by atoms with E-state index in [-0.39, 0.29) is 17.7 Å². The lowest BCUT2D eigenvalue weighted by Gasteiger charge is -2.32. The molecule has 1 N–H and O–H groups in total. The SMILES string of the molecule is CCNC(=O)[C@H]1CCCN(C(=O)Cc2cccc3ccccc23)C1. The summed E-state index contributed by atoms with van der Waals surface area (Å²) in [7, 11) is 0. The molecule has 0 unspecified atom stereocenters. The quantitative estimate of drug-likeness (QED) is 0.940. The molecule has 0 spiro atoms. The van der Waals surface area contributed by atoms with Crippen LogP contribution in [0.3, 0.4) is 0 Å². The molecule has 4 nitrogen and oxygen atoms in total. The molecule has 126 valence electrons. The fourth-order valence-corrected chi connectivity index (χ4v) is 3.46. The van der Waals surface area contributed by atoms with Crippen LogP contribution in [-0.4, -0.2) is 36.3 Å². The van der Waals surface area contributed by atoms with Gasteiger partial charge < -0.3 is 10.2 Å². The van der Waals surface area contributed by atoms with Crippen molar-refractivity contribution in [3.8, 4) is 0 Å². The fraction of sp³-hybridized carbons (Fsp3) is 0.400. The van der Waals surface area contributed by atoms with Crippen molar-refractivity contribution in [1.82, 2.24) is 10.2 Å². The fourth-order valence-electron chi connectivity index (χ4n) is 3.46. The highest BCUT2D eigenvalue weighted by Crippen LogP contribution is 2.21. The summed E-state index contributed by atoms with van der Waals surface area (Å²) in [5.74, 6) is 0.107. The van der Waals surface area contributed by atoms with E-state index in [1.54, 1.807) is 0 Å². The predicted molar refractivity (Wildman–Crippen MR) is 95.6 cm³/mol. The second-order valence-corrected chi connectivity index (χ2v) is 6.39. The van der Waals surface area contributed by atoms with Crippen LogP contribution >= 0.6 is 0 Å². The van der Waals surface area contributed by atoms with Crippen LogP contribution in [0.25, 0.3) is 10.8 Å². The van der Waals surface area contributed by atoms with E-state index in [1.165, 1.54) is 0 Å². The van der Waals surface area contributed by atoms with Crippen molar-refractivity contribution in [1.29, 1.82) is 0 Å². The Kier molecular flexibility index (Phi) is 5.14. The van der Waals surface area contributed by atoms with E-state index in [2.05, 4.69) is 23.5 Å². The summed E-state index contributed by atoms with van der Waals surface area (Å²) in [6, 6.07) is 14.2. The smallest absolute Gasteiger partial charge is 0.227 e. The molecule has 1 saturated heterocycles. The zero-order valence-electron chi connectivity index (χ0n) is 14.1. The molecule has 2 aromatic carbocycles. The van der Waals surface area contributed by atoms with E-state index in [4.69, 9.17) is 0 Å². The van der Waals surface area contributed by atoms with E-state index in [0.717, 1.165) is 35.7 Å². The van der Waals surface area contributed by atoms with Gasteiger partial charge >= 0.3 is 0 Å². The summed E-state index contributed by atoms with van der Waals surface area (Å²) in [6.45, 7) is 3.85. The van der Waals surface area contributed by atoms with Gasteiger partial charge in [-0.3, -0.25) is 9.59 Å². The summed E-state index contributed by atoms with van der Waals surface area (Å²) >= 11 is 0. The van der Waals surface area contributed by atoms with Gasteiger partial charge in [0.1, 0.15) is 0 Å². The first-order valence-corrected chi connectivity index (χ1v) is 8.71. The summed E-state index contributed by atoms with van der Waals surface area (Å²) in [5, 5.41) is 5.16. The van der Waals surface area contributed by atoms with Crippen LogP contribution in [0.1, 0.15) is 25.3 Å². The number of piperidine rings is 1. The summed E-state index contributed by atoms with van der Waals surface area (Å²) in [4.78, 5) is 26.6. The van der Waals surface area contributed by atoms with E-state index >= 15 is 0 Å². The minimum Gasteiger partial charge on any atom is -0.356 e. The monoisotopic (exact) mass is 324 g/mol. The number of benzene rings is 2. The Bertz CT molecular complexity index is 736. The number of hydrogen-bond acceptors (Lipinski definition) is 2. The Balaban J connectivity index is 1.71. The molecule has 0 radical (unpaired) electrons. The lowest BCUT2D eigenvalue weighted by Crippen LogP contribution is -2.45. The zero-order valence-corrected chi connectivity index (χ0v) is 14.1. The maximum Gasteiger partial charge on any atom is 0.227 e. The van der Waals surface area contributed by atoms with Crippen LogP contribution in [0.2, 0.25) is 0 Å². The lowest BCUT2D eigenvalue weighted by molar-refractivity contribution is -0.135. The van der Waals surface area contributed by atoms with E-state index in [0.29, 0.717) is 19.5 Å². The highest BCUT2D eigenvalue weighted by molar-refractivity contribution is 5.90. The Labute approximate surface area is 142 Å². The van der Waals surface area contributed by atoms with Crippen LogP contribution in [-0.2, 0) is 16.0 Å². The standard InChI is InChI=1S/C20H24N2O2/c1-2-21-20(24)17-10-6-12-22(14-17)19(23)13-16-9-5-8-15-7-3-4-11-18(15)16/h3-5,7-9,11,17H,2,6,10,12-14H2,1H3,(H,21,24)/t17-/m0/s1. The topological polar surface area (TPSA) is 49.4 Å². The third-order valence-electron chi connectivity index (χ3n) is 4.72. The maximum atomic E-state index is 12.7. The van der Waals surface area contributed by atoms with Crippen molar-refractivity contribution in [3.63, 3.8) is 0 Å². The molecule has 1 atom stereocenters. The molecular weight excluding hydrogens is 300 g/mol. The number of carbonyl (C=O) groups is 2. The largest absolute Gasteiger partial charge is 0.356 e. The summed E-state index contributed by atoms with van der Waals surface area (Å²) in [6.07, 6.45) is 2.15.